The number of amides is 1. The fourth-order valence-electron chi connectivity index (χ4n) is 2.46. The molecule has 1 heterocycles. The predicted octanol–water partition coefficient (Wildman–Crippen LogP) is 3.34. The van der Waals surface area contributed by atoms with Crippen LogP contribution in [0.2, 0.25) is 0 Å². The molecule has 2 aromatic rings. The molecule has 24 heavy (non-hydrogen) atoms. The molecule has 0 fully saturated rings. The van der Waals surface area contributed by atoms with E-state index < -0.39 is 0 Å². The number of rotatable bonds is 6. The highest BCUT2D eigenvalue weighted by molar-refractivity contribution is 5.93. The van der Waals surface area contributed by atoms with Gasteiger partial charge in [-0.3, -0.25) is 4.79 Å². The van der Waals surface area contributed by atoms with Gasteiger partial charge in [-0.05, 0) is 40.2 Å². The number of aromatic nitrogens is 2. The first-order chi connectivity index (χ1) is 11.4. The molecular weight excluding hydrogens is 300 g/mol. The topological polar surface area (TPSA) is 58.1 Å². The van der Waals surface area contributed by atoms with Gasteiger partial charge in [0.25, 0.3) is 5.91 Å². The lowest BCUT2D eigenvalue weighted by Gasteiger charge is -2.28. The molecule has 1 N–H and O–H groups in total. The summed E-state index contributed by atoms with van der Waals surface area (Å²) in [7, 11) is 0. The summed E-state index contributed by atoms with van der Waals surface area (Å²) >= 11 is 0. The van der Waals surface area contributed by atoms with Crippen LogP contribution >= 0.6 is 0 Å². The second-order valence-corrected chi connectivity index (χ2v) is 6.49. The van der Waals surface area contributed by atoms with Crippen molar-refractivity contribution in [2.75, 3.05) is 4.90 Å². The molecule has 1 aromatic carbocycles. The van der Waals surface area contributed by atoms with E-state index in [0.717, 1.165) is 12.4 Å². The first kappa shape index (κ1) is 17.9. The Hall–Kier alpha value is -2.43. The van der Waals surface area contributed by atoms with Crippen LogP contribution < -0.4 is 10.2 Å². The number of carbonyl (C=O) groups is 1. The van der Waals surface area contributed by atoms with Gasteiger partial charge in [-0.15, -0.1) is 0 Å². The van der Waals surface area contributed by atoms with E-state index in [2.05, 4.69) is 46.2 Å². The van der Waals surface area contributed by atoms with Crippen molar-refractivity contribution < 1.29 is 4.79 Å². The van der Waals surface area contributed by atoms with Crippen molar-refractivity contribution in [1.29, 1.82) is 0 Å². The minimum absolute atomic E-state index is 0.0711. The van der Waals surface area contributed by atoms with Crippen molar-refractivity contribution in [2.45, 2.75) is 53.2 Å². The summed E-state index contributed by atoms with van der Waals surface area (Å²) in [6, 6.07) is 12.3. The van der Waals surface area contributed by atoms with Crippen LogP contribution in [0.5, 0.6) is 0 Å². The number of anilines is 1. The second kappa shape index (κ2) is 7.90. The van der Waals surface area contributed by atoms with E-state index in [-0.39, 0.29) is 18.0 Å². The van der Waals surface area contributed by atoms with Crippen molar-refractivity contribution in [3.8, 4) is 0 Å². The minimum Gasteiger partial charge on any atom is -0.350 e. The molecule has 0 unspecified atom stereocenters. The standard InChI is InChI=1S/C19H26N4O/c1-13(2)20-19(24)17-11-18(22-15(5)21-17)23(14(3)4)12-16-9-7-6-8-10-16/h6-11,13-14H,12H2,1-5H3,(H,20,24). The van der Waals surface area contributed by atoms with Crippen molar-refractivity contribution in [2.24, 2.45) is 0 Å². The summed E-state index contributed by atoms with van der Waals surface area (Å²) < 4.78 is 0. The van der Waals surface area contributed by atoms with Crippen LogP contribution in [0.1, 0.15) is 49.6 Å². The molecule has 0 aliphatic rings. The molecular formula is C19H26N4O. The van der Waals surface area contributed by atoms with Crippen molar-refractivity contribution >= 4 is 11.7 Å². The third-order valence-corrected chi connectivity index (χ3v) is 3.59. The molecule has 0 aliphatic carbocycles. The quantitative estimate of drug-likeness (QED) is 0.884. The molecule has 0 atom stereocenters. The van der Waals surface area contributed by atoms with Gasteiger partial charge in [-0.1, -0.05) is 30.3 Å². The Labute approximate surface area is 144 Å². The summed E-state index contributed by atoms with van der Waals surface area (Å²) in [5, 5.41) is 2.88. The molecule has 0 saturated heterocycles. The lowest BCUT2D eigenvalue weighted by Crippen LogP contribution is -2.33. The van der Waals surface area contributed by atoms with Crippen molar-refractivity contribution in [3.63, 3.8) is 0 Å². The van der Waals surface area contributed by atoms with Crippen LogP contribution in [0.25, 0.3) is 0 Å². The van der Waals surface area contributed by atoms with E-state index in [1.54, 1.807) is 6.07 Å². The monoisotopic (exact) mass is 326 g/mol. The molecule has 5 heteroatoms. The SMILES string of the molecule is Cc1nc(C(=O)NC(C)C)cc(N(Cc2ccccc2)C(C)C)n1. The molecule has 1 aromatic heterocycles. The Morgan fingerprint density at radius 1 is 1.12 bits per heavy atom. The highest BCUT2D eigenvalue weighted by Crippen LogP contribution is 2.19. The van der Waals surface area contributed by atoms with Gasteiger partial charge in [0.05, 0.1) is 0 Å². The van der Waals surface area contributed by atoms with Crippen molar-refractivity contribution in [1.82, 2.24) is 15.3 Å². The second-order valence-electron chi connectivity index (χ2n) is 6.49. The van der Waals surface area contributed by atoms with Gasteiger partial charge in [-0.2, -0.15) is 0 Å². The minimum atomic E-state index is -0.167. The Bertz CT molecular complexity index is 683. The highest BCUT2D eigenvalue weighted by Gasteiger charge is 2.17. The van der Waals surface area contributed by atoms with Crippen LogP contribution in [0, 0.1) is 6.92 Å². The Morgan fingerprint density at radius 3 is 2.38 bits per heavy atom. The lowest BCUT2D eigenvalue weighted by atomic mass is 10.2. The number of nitrogens with zero attached hydrogens (tertiary/aromatic N) is 3. The molecule has 128 valence electrons. The van der Waals surface area contributed by atoms with Gasteiger partial charge < -0.3 is 10.2 Å². The van der Waals surface area contributed by atoms with E-state index in [4.69, 9.17) is 0 Å². The number of hydrogen-bond acceptors (Lipinski definition) is 4. The summed E-state index contributed by atoms with van der Waals surface area (Å²) in [6.07, 6.45) is 0. The van der Waals surface area contributed by atoms with E-state index in [1.165, 1.54) is 5.56 Å². The summed E-state index contributed by atoms with van der Waals surface area (Å²) in [4.78, 5) is 23.3. The molecule has 0 aliphatic heterocycles. The average molecular weight is 326 g/mol. The summed E-state index contributed by atoms with van der Waals surface area (Å²) in [5.41, 5.74) is 1.61. The lowest BCUT2D eigenvalue weighted by molar-refractivity contribution is 0.0937. The van der Waals surface area contributed by atoms with Crippen LogP contribution in [-0.2, 0) is 6.54 Å². The zero-order chi connectivity index (χ0) is 17.7. The zero-order valence-electron chi connectivity index (χ0n) is 15.1. The van der Waals surface area contributed by atoms with Crippen LogP contribution in [0.3, 0.4) is 0 Å². The third-order valence-electron chi connectivity index (χ3n) is 3.59. The Kier molecular flexibility index (Phi) is 5.90. The molecule has 5 nitrogen and oxygen atoms in total. The Balaban J connectivity index is 2.33. The normalized spacial score (nSPS) is 11.0. The van der Waals surface area contributed by atoms with E-state index in [9.17, 15) is 4.79 Å². The maximum Gasteiger partial charge on any atom is 0.270 e. The molecule has 2 rings (SSSR count). The predicted molar refractivity (Wildman–Crippen MR) is 97.1 cm³/mol. The fourth-order valence-corrected chi connectivity index (χ4v) is 2.46. The fraction of sp³-hybridized carbons (Fsp3) is 0.421. The largest absolute Gasteiger partial charge is 0.350 e. The number of carbonyl (C=O) groups excluding carboxylic acids is 1. The zero-order valence-corrected chi connectivity index (χ0v) is 15.1. The van der Waals surface area contributed by atoms with Gasteiger partial charge in [0.2, 0.25) is 0 Å². The smallest absolute Gasteiger partial charge is 0.270 e. The van der Waals surface area contributed by atoms with Gasteiger partial charge in [0, 0.05) is 24.7 Å². The molecule has 0 radical (unpaired) electrons. The number of hydrogen-bond donors (Lipinski definition) is 1. The third kappa shape index (κ3) is 4.78. The maximum atomic E-state index is 12.3. The van der Waals surface area contributed by atoms with Gasteiger partial charge in [0.15, 0.2) is 0 Å². The number of benzene rings is 1. The molecule has 0 saturated carbocycles. The van der Waals surface area contributed by atoms with Gasteiger partial charge >= 0.3 is 0 Å². The van der Waals surface area contributed by atoms with Gasteiger partial charge in [0.1, 0.15) is 17.3 Å². The maximum absolute atomic E-state index is 12.3. The van der Waals surface area contributed by atoms with Crippen LogP contribution in [0.4, 0.5) is 5.82 Å². The molecule has 0 spiro atoms. The van der Waals surface area contributed by atoms with Crippen LogP contribution in [0.15, 0.2) is 36.4 Å². The van der Waals surface area contributed by atoms with E-state index in [1.807, 2.05) is 39.0 Å². The summed E-state index contributed by atoms with van der Waals surface area (Å²) in [6.45, 7) is 10.7. The van der Waals surface area contributed by atoms with E-state index in [0.29, 0.717) is 11.5 Å². The number of nitrogens with one attached hydrogen (secondary N) is 1. The van der Waals surface area contributed by atoms with Gasteiger partial charge in [-0.25, -0.2) is 9.97 Å². The Morgan fingerprint density at radius 2 is 1.79 bits per heavy atom. The van der Waals surface area contributed by atoms with Crippen molar-refractivity contribution in [3.05, 3.63) is 53.5 Å². The highest BCUT2D eigenvalue weighted by atomic mass is 16.1. The molecule has 1 amide bonds. The number of aryl methyl sites for hydroxylation is 1. The average Bonchev–Trinajstić information content (AvgIpc) is 2.52. The van der Waals surface area contributed by atoms with Crippen LogP contribution in [-0.4, -0.2) is 28.0 Å². The summed E-state index contributed by atoms with van der Waals surface area (Å²) in [5.74, 6) is 1.20. The first-order valence-electron chi connectivity index (χ1n) is 8.34. The van der Waals surface area contributed by atoms with E-state index >= 15 is 0 Å². The molecule has 0 bridgehead atoms. The first-order valence-corrected chi connectivity index (χ1v) is 8.34.